The Kier molecular flexibility index (Phi) is 3.98. The third-order valence-corrected chi connectivity index (χ3v) is 2.96. The summed E-state index contributed by atoms with van der Waals surface area (Å²) in [6, 6.07) is 14.2. The van der Waals surface area contributed by atoms with Crippen molar-refractivity contribution in [3.05, 3.63) is 42.5 Å². The topological polar surface area (TPSA) is 29.5 Å². The Bertz CT molecular complexity index is 608. The Morgan fingerprint density at radius 2 is 1.75 bits per heavy atom. The van der Waals surface area contributed by atoms with Crippen molar-refractivity contribution in [2.75, 3.05) is 18.5 Å². The third kappa shape index (κ3) is 3.50. The second-order valence-electron chi connectivity index (χ2n) is 5.94. The molecular formula is C17H21NO2. The molecule has 0 amide bonds. The Balaban J connectivity index is 2.20. The zero-order valence-corrected chi connectivity index (χ0v) is 12.5. The van der Waals surface area contributed by atoms with Crippen molar-refractivity contribution in [1.82, 2.24) is 0 Å². The lowest BCUT2D eigenvalue weighted by atomic mass is 10.1. The lowest BCUT2D eigenvalue weighted by Crippen LogP contribution is -2.32. The molecule has 2 aromatic carbocycles. The van der Waals surface area contributed by atoms with E-state index in [2.05, 4.69) is 18.2 Å². The Morgan fingerprint density at radius 3 is 2.45 bits per heavy atom. The summed E-state index contributed by atoms with van der Waals surface area (Å²) in [5, 5.41) is 2.31. The second kappa shape index (κ2) is 5.53. The van der Waals surface area contributed by atoms with E-state index in [0.717, 1.165) is 11.1 Å². The average molecular weight is 271 g/mol. The Labute approximate surface area is 120 Å². The molecule has 0 aliphatic carbocycles. The van der Waals surface area contributed by atoms with Gasteiger partial charge in [-0.1, -0.05) is 36.4 Å². The molecule has 2 rings (SSSR count). The minimum atomic E-state index is -0.448. The van der Waals surface area contributed by atoms with E-state index in [1.807, 2.05) is 57.0 Å². The first-order valence-corrected chi connectivity index (χ1v) is 6.77. The predicted molar refractivity (Wildman–Crippen MR) is 83.1 cm³/mol. The van der Waals surface area contributed by atoms with Gasteiger partial charge in [0, 0.05) is 18.1 Å². The second-order valence-corrected chi connectivity index (χ2v) is 5.94. The smallest absolute Gasteiger partial charge is 0.326 e. The summed E-state index contributed by atoms with van der Waals surface area (Å²) < 4.78 is 5.36. The Morgan fingerprint density at radius 1 is 1.10 bits per heavy atom. The Hall–Kier alpha value is -2.03. The van der Waals surface area contributed by atoms with Crippen molar-refractivity contribution in [3.63, 3.8) is 0 Å². The summed E-state index contributed by atoms with van der Waals surface area (Å²) in [5.74, 6) is -0.215. The van der Waals surface area contributed by atoms with E-state index in [9.17, 15) is 4.79 Å². The van der Waals surface area contributed by atoms with E-state index < -0.39 is 5.60 Å². The number of rotatable bonds is 3. The highest BCUT2D eigenvalue weighted by atomic mass is 16.6. The molecule has 3 heteroatoms. The van der Waals surface area contributed by atoms with Crippen LogP contribution in [-0.2, 0) is 9.53 Å². The summed E-state index contributed by atoms with van der Waals surface area (Å²) in [7, 11) is 1.91. The zero-order valence-electron chi connectivity index (χ0n) is 12.5. The van der Waals surface area contributed by atoms with Gasteiger partial charge in [-0.25, -0.2) is 0 Å². The summed E-state index contributed by atoms with van der Waals surface area (Å²) in [5.41, 5.74) is 0.588. The molecule has 0 saturated heterocycles. The summed E-state index contributed by atoms with van der Waals surface area (Å²) in [6.45, 7) is 5.87. The molecule has 0 aromatic heterocycles. The van der Waals surface area contributed by atoms with Gasteiger partial charge in [0.25, 0.3) is 0 Å². The highest BCUT2D eigenvalue weighted by molar-refractivity contribution is 5.95. The number of carbonyl (C=O) groups excluding carboxylic acids is 1. The first-order valence-electron chi connectivity index (χ1n) is 6.77. The molecule has 2 aromatic rings. The molecule has 0 saturated carbocycles. The minimum Gasteiger partial charge on any atom is -0.459 e. The standard InChI is InChI=1S/C17H21NO2/c1-17(2,3)20-16(19)12-18(4)15-11-7-9-13-8-5-6-10-14(13)15/h5-11H,12H2,1-4H3. The molecule has 0 heterocycles. The van der Waals surface area contributed by atoms with E-state index in [4.69, 9.17) is 4.74 Å². The van der Waals surface area contributed by atoms with Gasteiger partial charge in [-0.05, 0) is 32.2 Å². The van der Waals surface area contributed by atoms with Crippen LogP contribution in [0, 0.1) is 0 Å². The van der Waals surface area contributed by atoms with Crippen molar-refractivity contribution in [3.8, 4) is 0 Å². The minimum absolute atomic E-state index is 0.215. The normalized spacial score (nSPS) is 11.4. The van der Waals surface area contributed by atoms with Gasteiger partial charge in [0.05, 0.1) is 0 Å². The van der Waals surface area contributed by atoms with Crippen molar-refractivity contribution >= 4 is 22.4 Å². The molecule has 106 valence electrons. The van der Waals surface area contributed by atoms with Gasteiger partial charge >= 0.3 is 5.97 Å². The summed E-state index contributed by atoms with van der Waals surface area (Å²) in [6.07, 6.45) is 0. The molecule has 20 heavy (non-hydrogen) atoms. The van der Waals surface area contributed by atoms with Crippen LogP contribution in [-0.4, -0.2) is 25.2 Å². The van der Waals surface area contributed by atoms with Gasteiger partial charge in [0.15, 0.2) is 0 Å². The largest absolute Gasteiger partial charge is 0.459 e. The van der Waals surface area contributed by atoms with E-state index in [-0.39, 0.29) is 12.5 Å². The maximum absolute atomic E-state index is 11.9. The average Bonchev–Trinajstić information content (AvgIpc) is 2.35. The van der Waals surface area contributed by atoms with Gasteiger partial charge in [-0.2, -0.15) is 0 Å². The highest BCUT2D eigenvalue weighted by Gasteiger charge is 2.18. The van der Waals surface area contributed by atoms with E-state index >= 15 is 0 Å². The van der Waals surface area contributed by atoms with E-state index in [1.165, 1.54) is 5.39 Å². The SMILES string of the molecule is CN(CC(=O)OC(C)(C)C)c1cccc2ccccc12. The van der Waals surface area contributed by atoms with Crippen LogP contribution in [0.15, 0.2) is 42.5 Å². The van der Waals surface area contributed by atoms with Crippen molar-refractivity contribution < 1.29 is 9.53 Å². The number of hydrogen-bond donors (Lipinski definition) is 0. The number of anilines is 1. The van der Waals surface area contributed by atoms with Gasteiger partial charge in [-0.3, -0.25) is 4.79 Å². The van der Waals surface area contributed by atoms with Crippen LogP contribution >= 0.6 is 0 Å². The molecule has 0 bridgehead atoms. The van der Waals surface area contributed by atoms with Crippen LogP contribution in [0.4, 0.5) is 5.69 Å². The molecule has 0 spiro atoms. The zero-order chi connectivity index (χ0) is 14.8. The number of carbonyl (C=O) groups is 1. The van der Waals surface area contributed by atoms with Gasteiger partial charge in [0.1, 0.15) is 12.1 Å². The summed E-state index contributed by atoms with van der Waals surface area (Å²) >= 11 is 0. The molecule has 0 N–H and O–H groups in total. The van der Waals surface area contributed by atoms with Crippen molar-refractivity contribution in [1.29, 1.82) is 0 Å². The fraction of sp³-hybridized carbons (Fsp3) is 0.353. The third-order valence-electron chi connectivity index (χ3n) is 2.96. The van der Waals surface area contributed by atoms with Crippen LogP contribution in [0.3, 0.4) is 0 Å². The van der Waals surface area contributed by atoms with Crippen LogP contribution in [0.5, 0.6) is 0 Å². The quantitative estimate of drug-likeness (QED) is 0.799. The number of benzene rings is 2. The number of esters is 1. The number of fused-ring (bicyclic) bond motifs is 1. The fourth-order valence-electron chi connectivity index (χ4n) is 2.19. The van der Waals surface area contributed by atoms with Crippen LogP contribution in [0.25, 0.3) is 10.8 Å². The molecule has 0 atom stereocenters. The summed E-state index contributed by atoms with van der Waals surface area (Å²) in [4.78, 5) is 13.8. The first kappa shape index (κ1) is 14.4. The number of likely N-dealkylation sites (N-methyl/N-ethyl adjacent to an activating group) is 1. The fourth-order valence-corrected chi connectivity index (χ4v) is 2.19. The van der Waals surface area contributed by atoms with Crippen LogP contribution < -0.4 is 4.90 Å². The van der Waals surface area contributed by atoms with Crippen LogP contribution in [0.2, 0.25) is 0 Å². The number of ether oxygens (including phenoxy) is 1. The van der Waals surface area contributed by atoms with Crippen molar-refractivity contribution in [2.24, 2.45) is 0 Å². The number of nitrogens with zero attached hydrogens (tertiary/aromatic N) is 1. The van der Waals surface area contributed by atoms with Gasteiger partial charge in [0.2, 0.25) is 0 Å². The number of hydrogen-bond acceptors (Lipinski definition) is 3. The molecule has 0 fully saturated rings. The van der Waals surface area contributed by atoms with Crippen LogP contribution in [0.1, 0.15) is 20.8 Å². The lowest BCUT2D eigenvalue weighted by molar-refractivity contribution is -0.152. The molecule has 0 radical (unpaired) electrons. The van der Waals surface area contributed by atoms with E-state index in [1.54, 1.807) is 0 Å². The first-order chi connectivity index (χ1) is 9.37. The molecule has 0 unspecified atom stereocenters. The monoisotopic (exact) mass is 271 g/mol. The predicted octanol–water partition coefficient (Wildman–Crippen LogP) is 3.62. The van der Waals surface area contributed by atoms with E-state index in [0.29, 0.717) is 0 Å². The molecule has 3 nitrogen and oxygen atoms in total. The highest BCUT2D eigenvalue weighted by Crippen LogP contribution is 2.25. The van der Waals surface area contributed by atoms with Crippen molar-refractivity contribution in [2.45, 2.75) is 26.4 Å². The molecular weight excluding hydrogens is 250 g/mol. The van der Waals surface area contributed by atoms with Gasteiger partial charge < -0.3 is 9.64 Å². The maximum atomic E-state index is 11.9. The molecule has 0 aliphatic heterocycles. The van der Waals surface area contributed by atoms with Gasteiger partial charge in [-0.15, -0.1) is 0 Å². The molecule has 0 aliphatic rings. The lowest BCUT2D eigenvalue weighted by Gasteiger charge is -2.24. The maximum Gasteiger partial charge on any atom is 0.326 e.